The average Bonchev–Trinajstić information content (AvgIpc) is 2.31. The summed E-state index contributed by atoms with van der Waals surface area (Å²) in [4.78, 5) is 8.59. The Morgan fingerprint density at radius 3 is 2.60 bits per heavy atom. The summed E-state index contributed by atoms with van der Waals surface area (Å²) in [6.45, 7) is 3.90. The van der Waals surface area contributed by atoms with Crippen molar-refractivity contribution < 1.29 is 4.74 Å². The van der Waals surface area contributed by atoms with E-state index in [9.17, 15) is 0 Å². The molecule has 1 aliphatic carbocycles. The molecule has 0 atom stereocenters. The minimum Gasteiger partial charge on any atom is -0.474 e. The Hall–Kier alpha value is -1.39. The van der Waals surface area contributed by atoms with Gasteiger partial charge in [0.05, 0.1) is 5.39 Å². The average molecular weight is 292 g/mol. The number of halogens is 1. The molecule has 5 heteroatoms. The molecule has 2 heterocycles. The van der Waals surface area contributed by atoms with Crippen LogP contribution in [0.4, 0.5) is 0 Å². The van der Waals surface area contributed by atoms with Crippen molar-refractivity contribution in [3.63, 3.8) is 0 Å². The summed E-state index contributed by atoms with van der Waals surface area (Å²) in [5.74, 6) is 0.627. The van der Waals surface area contributed by atoms with Crippen molar-refractivity contribution in [1.82, 2.24) is 9.97 Å². The van der Waals surface area contributed by atoms with Crippen molar-refractivity contribution in [3.05, 3.63) is 29.2 Å². The van der Waals surface area contributed by atoms with Crippen LogP contribution in [0.1, 0.15) is 38.7 Å². The van der Waals surface area contributed by atoms with Crippen molar-refractivity contribution >= 4 is 22.4 Å². The Bertz CT molecular complexity index is 647. The summed E-state index contributed by atoms with van der Waals surface area (Å²) >= 11 is 6.02. The van der Waals surface area contributed by atoms with E-state index in [1.54, 1.807) is 12.4 Å². The first-order valence-electron chi connectivity index (χ1n) is 6.85. The van der Waals surface area contributed by atoms with Crippen LogP contribution in [0.25, 0.3) is 10.8 Å². The fourth-order valence-corrected chi connectivity index (χ4v) is 2.50. The molecule has 20 heavy (non-hydrogen) atoms. The minimum atomic E-state index is -0.495. The van der Waals surface area contributed by atoms with Crippen molar-refractivity contribution in [1.29, 1.82) is 0 Å². The molecule has 3 rings (SSSR count). The summed E-state index contributed by atoms with van der Waals surface area (Å²) < 4.78 is 5.94. The molecule has 0 unspecified atom stereocenters. The molecular formula is C15H18ClN3O. The fraction of sp³-hybridized carbons (Fsp3) is 0.467. The molecule has 0 amide bonds. The molecule has 2 aromatic rings. The molecule has 0 aromatic carbocycles. The molecule has 2 aromatic heterocycles. The zero-order chi connectivity index (χ0) is 14.3. The number of hydrogen-bond acceptors (Lipinski definition) is 4. The van der Waals surface area contributed by atoms with Crippen molar-refractivity contribution in [2.45, 2.75) is 44.8 Å². The van der Waals surface area contributed by atoms with E-state index in [4.69, 9.17) is 22.1 Å². The highest BCUT2D eigenvalue weighted by molar-refractivity contribution is 6.30. The first-order valence-corrected chi connectivity index (χ1v) is 7.23. The summed E-state index contributed by atoms with van der Waals surface area (Å²) in [6, 6.07) is 1.83. The van der Waals surface area contributed by atoms with Crippen LogP contribution in [0.5, 0.6) is 5.88 Å². The number of rotatable bonds is 3. The van der Waals surface area contributed by atoms with Gasteiger partial charge in [0.2, 0.25) is 5.88 Å². The molecule has 1 fully saturated rings. The van der Waals surface area contributed by atoms with Crippen molar-refractivity contribution in [2.75, 3.05) is 0 Å². The molecule has 1 saturated carbocycles. The number of nitrogens with zero attached hydrogens (tertiary/aromatic N) is 2. The number of fused-ring (bicyclic) bond motifs is 1. The molecule has 1 aliphatic rings. The largest absolute Gasteiger partial charge is 0.474 e. The maximum absolute atomic E-state index is 6.22. The monoisotopic (exact) mass is 291 g/mol. The van der Waals surface area contributed by atoms with Gasteiger partial charge in [-0.2, -0.15) is 0 Å². The van der Waals surface area contributed by atoms with Gasteiger partial charge in [0, 0.05) is 17.9 Å². The van der Waals surface area contributed by atoms with Gasteiger partial charge in [0.25, 0.3) is 0 Å². The van der Waals surface area contributed by atoms with Crippen LogP contribution in [-0.2, 0) is 5.54 Å². The van der Waals surface area contributed by atoms with Gasteiger partial charge in [-0.1, -0.05) is 11.6 Å². The lowest BCUT2D eigenvalue weighted by Gasteiger charge is -2.27. The SMILES string of the molecule is CC(C)(N)c1cnc(OC2CCC2)c2cnc(Cl)cc12. The van der Waals surface area contributed by atoms with E-state index in [-0.39, 0.29) is 6.10 Å². The van der Waals surface area contributed by atoms with Crippen LogP contribution in [0.3, 0.4) is 0 Å². The van der Waals surface area contributed by atoms with Gasteiger partial charge in [0.15, 0.2) is 0 Å². The maximum Gasteiger partial charge on any atom is 0.223 e. The number of hydrogen-bond donors (Lipinski definition) is 1. The van der Waals surface area contributed by atoms with Crippen LogP contribution in [-0.4, -0.2) is 16.1 Å². The zero-order valence-corrected chi connectivity index (χ0v) is 12.4. The number of pyridine rings is 2. The van der Waals surface area contributed by atoms with Crippen LogP contribution in [0, 0.1) is 0 Å². The standard InChI is InChI=1S/C15H18ClN3O/c1-15(2,17)12-8-19-14(20-9-4-3-5-9)11-7-18-13(16)6-10(11)12/h6-9H,3-5,17H2,1-2H3. The quantitative estimate of drug-likeness (QED) is 0.880. The molecule has 4 nitrogen and oxygen atoms in total. The third-order valence-electron chi connectivity index (χ3n) is 3.73. The van der Waals surface area contributed by atoms with Gasteiger partial charge >= 0.3 is 0 Å². The van der Waals surface area contributed by atoms with Crippen LogP contribution in [0.15, 0.2) is 18.5 Å². The molecule has 0 radical (unpaired) electrons. The van der Waals surface area contributed by atoms with Crippen molar-refractivity contribution in [3.8, 4) is 5.88 Å². The smallest absolute Gasteiger partial charge is 0.223 e. The topological polar surface area (TPSA) is 61.0 Å². The van der Waals surface area contributed by atoms with E-state index in [1.165, 1.54) is 6.42 Å². The highest BCUT2D eigenvalue weighted by Crippen LogP contribution is 2.34. The molecule has 0 bridgehead atoms. The fourth-order valence-electron chi connectivity index (χ4n) is 2.34. The number of ether oxygens (including phenoxy) is 1. The van der Waals surface area contributed by atoms with Crippen LogP contribution >= 0.6 is 11.6 Å². The molecule has 2 N–H and O–H groups in total. The summed E-state index contributed by atoms with van der Waals surface area (Å²) in [6.07, 6.45) is 7.18. The Morgan fingerprint density at radius 1 is 1.25 bits per heavy atom. The summed E-state index contributed by atoms with van der Waals surface area (Å²) in [7, 11) is 0. The summed E-state index contributed by atoms with van der Waals surface area (Å²) in [5, 5.41) is 2.28. The van der Waals surface area contributed by atoms with E-state index in [0.29, 0.717) is 11.0 Å². The van der Waals surface area contributed by atoms with Gasteiger partial charge in [0.1, 0.15) is 11.3 Å². The van der Waals surface area contributed by atoms with Gasteiger partial charge in [-0.05, 0) is 50.1 Å². The van der Waals surface area contributed by atoms with E-state index >= 15 is 0 Å². The predicted octanol–water partition coefficient (Wildman–Crippen LogP) is 3.41. The molecule has 106 valence electrons. The predicted molar refractivity (Wildman–Crippen MR) is 80.0 cm³/mol. The molecule has 0 spiro atoms. The minimum absolute atomic E-state index is 0.276. The Labute approximate surface area is 123 Å². The number of nitrogens with two attached hydrogens (primary N) is 1. The normalized spacial score (nSPS) is 16.2. The van der Waals surface area contributed by atoms with Crippen LogP contribution in [0.2, 0.25) is 5.15 Å². The lowest BCUT2D eigenvalue weighted by molar-refractivity contribution is 0.116. The van der Waals surface area contributed by atoms with Gasteiger partial charge in [-0.15, -0.1) is 0 Å². The van der Waals surface area contributed by atoms with Crippen LogP contribution < -0.4 is 10.5 Å². The molecular weight excluding hydrogens is 274 g/mol. The Morgan fingerprint density at radius 2 is 2.00 bits per heavy atom. The first-order chi connectivity index (χ1) is 9.45. The zero-order valence-electron chi connectivity index (χ0n) is 11.7. The van der Waals surface area contributed by atoms with Crippen molar-refractivity contribution in [2.24, 2.45) is 5.73 Å². The lowest BCUT2D eigenvalue weighted by Crippen LogP contribution is -2.29. The molecule has 0 aliphatic heterocycles. The van der Waals surface area contributed by atoms with E-state index in [1.807, 2.05) is 19.9 Å². The highest BCUT2D eigenvalue weighted by atomic mass is 35.5. The summed E-state index contributed by atoms with van der Waals surface area (Å²) in [5.41, 5.74) is 6.66. The van der Waals surface area contributed by atoms with E-state index in [0.717, 1.165) is 29.2 Å². The van der Waals surface area contributed by atoms with E-state index < -0.39 is 5.54 Å². The second-order valence-electron chi connectivity index (χ2n) is 5.92. The highest BCUT2D eigenvalue weighted by Gasteiger charge is 2.24. The Balaban J connectivity index is 2.14. The second kappa shape index (κ2) is 4.86. The first kappa shape index (κ1) is 13.6. The van der Waals surface area contributed by atoms with E-state index in [2.05, 4.69) is 9.97 Å². The second-order valence-corrected chi connectivity index (χ2v) is 6.31. The lowest BCUT2D eigenvalue weighted by atomic mass is 9.93. The third-order valence-corrected chi connectivity index (χ3v) is 3.93. The third kappa shape index (κ3) is 2.45. The maximum atomic E-state index is 6.22. The van der Waals surface area contributed by atoms with Gasteiger partial charge < -0.3 is 10.5 Å². The Kier molecular flexibility index (Phi) is 3.30. The molecule has 0 saturated heterocycles. The van der Waals surface area contributed by atoms with Gasteiger partial charge in [-0.3, -0.25) is 0 Å². The van der Waals surface area contributed by atoms with Gasteiger partial charge in [-0.25, -0.2) is 9.97 Å². The number of aromatic nitrogens is 2.